The first-order valence-corrected chi connectivity index (χ1v) is 6.97. The Bertz CT molecular complexity index is 700. The quantitative estimate of drug-likeness (QED) is 0.635. The van der Waals surface area contributed by atoms with Gasteiger partial charge in [0.2, 0.25) is 0 Å². The molecule has 0 radical (unpaired) electrons. The van der Waals surface area contributed by atoms with Crippen molar-refractivity contribution < 1.29 is 4.79 Å². The van der Waals surface area contributed by atoms with E-state index in [0.717, 1.165) is 22.3 Å². The molecule has 2 aromatic rings. The van der Waals surface area contributed by atoms with Crippen LogP contribution in [0.1, 0.15) is 22.3 Å². The Labute approximate surface area is 129 Å². The van der Waals surface area contributed by atoms with Gasteiger partial charge in [-0.25, -0.2) is 4.79 Å². The molecule has 0 saturated carbocycles. The fourth-order valence-electron chi connectivity index (χ4n) is 1.87. The van der Waals surface area contributed by atoms with Crippen molar-refractivity contribution in [1.82, 2.24) is 0 Å². The number of aryl methyl sites for hydroxylation is 4. The van der Waals surface area contributed by atoms with Crippen molar-refractivity contribution in [2.75, 3.05) is 0 Å². The zero-order valence-electron chi connectivity index (χ0n) is 13.2. The maximum atomic E-state index is 11.7. The Morgan fingerprint density at radius 1 is 0.727 bits per heavy atom. The van der Waals surface area contributed by atoms with Gasteiger partial charge in [0.15, 0.2) is 0 Å². The zero-order chi connectivity index (χ0) is 16.1. The van der Waals surface area contributed by atoms with Gasteiger partial charge in [0, 0.05) is 0 Å². The van der Waals surface area contributed by atoms with E-state index in [1.54, 1.807) is 0 Å². The topological polar surface area (TPSA) is 66.5 Å². The van der Waals surface area contributed by atoms with E-state index in [9.17, 15) is 4.79 Å². The van der Waals surface area contributed by atoms with Crippen LogP contribution < -0.4 is 0 Å². The number of nitrogens with zero attached hydrogens (tertiary/aromatic N) is 4. The fourth-order valence-corrected chi connectivity index (χ4v) is 1.87. The number of amides is 2. The van der Waals surface area contributed by atoms with Crippen LogP contribution in [0.15, 0.2) is 56.9 Å². The summed E-state index contributed by atoms with van der Waals surface area (Å²) in [5, 5.41) is 15.1. The molecule has 0 spiro atoms. The summed E-state index contributed by atoms with van der Waals surface area (Å²) in [6, 6.07) is 10.9. The van der Waals surface area contributed by atoms with Gasteiger partial charge >= 0.3 is 6.03 Å². The van der Waals surface area contributed by atoms with Crippen LogP contribution in [-0.4, -0.2) is 6.03 Å². The summed E-state index contributed by atoms with van der Waals surface area (Å²) in [5.74, 6) is 0. The Balaban J connectivity index is 2.12. The molecule has 5 nitrogen and oxygen atoms in total. The van der Waals surface area contributed by atoms with Crippen molar-refractivity contribution in [3.8, 4) is 0 Å². The molecule has 0 aromatic heterocycles. The van der Waals surface area contributed by atoms with E-state index in [1.807, 2.05) is 64.1 Å². The lowest BCUT2D eigenvalue weighted by atomic mass is 10.1. The third-order valence-electron chi connectivity index (χ3n) is 3.22. The van der Waals surface area contributed by atoms with Crippen LogP contribution in [0.3, 0.4) is 0 Å². The summed E-state index contributed by atoms with van der Waals surface area (Å²) in [6.07, 6.45) is 0. The highest BCUT2D eigenvalue weighted by molar-refractivity contribution is 5.75. The van der Waals surface area contributed by atoms with Crippen LogP contribution in [-0.2, 0) is 0 Å². The SMILES string of the molecule is Cc1ccc(C)c(N=NC(=O)N=Nc2cc(C)ccc2C)c1. The number of rotatable bonds is 2. The van der Waals surface area contributed by atoms with Crippen LogP contribution in [0, 0.1) is 27.7 Å². The van der Waals surface area contributed by atoms with Crippen molar-refractivity contribution in [2.24, 2.45) is 20.5 Å². The fraction of sp³-hybridized carbons (Fsp3) is 0.235. The summed E-state index contributed by atoms with van der Waals surface area (Å²) < 4.78 is 0. The summed E-state index contributed by atoms with van der Waals surface area (Å²) in [4.78, 5) is 11.7. The lowest BCUT2D eigenvalue weighted by molar-refractivity contribution is 0.254. The number of urea groups is 1. The lowest BCUT2D eigenvalue weighted by Crippen LogP contribution is -1.82. The Morgan fingerprint density at radius 2 is 1.14 bits per heavy atom. The molecular weight excluding hydrogens is 276 g/mol. The van der Waals surface area contributed by atoms with Crippen molar-refractivity contribution in [3.63, 3.8) is 0 Å². The second kappa shape index (κ2) is 6.85. The summed E-state index contributed by atoms with van der Waals surface area (Å²) in [7, 11) is 0. The Hall–Kier alpha value is -2.69. The van der Waals surface area contributed by atoms with Crippen molar-refractivity contribution in [2.45, 2.75) is 27.7 Å². The molecule has 0 aliphatic rings. The summed E-state index contributed by atoms with van der Waals surface area (Å²) in [6.45, 7) is 7.74. The maximum absolute atomic E-state index is 11.7. The number of carbonyl (C=O) groups is 1. The molecule has 0 bridgehead atoms. The highest BCUT2D eigenvalue weighted by Gasteiger charge is 2.01. The van der Waals surface area contributed by atoms with Gasteiger partial charge in [-0.3, -0.25) is 0 Å². The Morgan fingerprint density at radius 3 is 1.55 bits per heavy atom. The minimum absolute atomic E-state index is 0.662. The standard InChI is InChI=1S/C17H18N4O/c1-11-5-7-13(3)15(9-11)18-20-17(22)21-19-16-10-12(2)6-8-14(16)4/h5-10H,1-4H3. The molecule has 0 saturated heterocycles. The second-order valence-corrected chi connectivity index (χ2v) is 5.26. The van der Waals surface area contributed by atoms with Gasteiger partial charge in [-0.2, -0.15) is 0 Å². The van der Waals surface area contributed by atoms with E-state index in [2.05, 4.69) is 20.5 Å². The number of carbonyl (C=O) groups excluding carboxylic acids is 1. The van der Waals surface area contributed by atoms with Crippen LogP contribution in [0.4, 0.5) is 16.2 Å². The summed E-state index contributed by atoms with van der Waals surface area (Å²) in [5.41, 5.74) is 5.35. The third-order valence-corrected chi connectivity index (χ3v) is 3.22. The Kier molecular flexibility index (Phi) is 4.88. The lowest BCUT2D eigenvalue weighted by Gasteiger charge is -1.99. The van der Waals surface area contributed by atoms with Gasteiger partial charge in [0.1, 0.15) is 0 Å². The minimum Gasteiger partial charge on any atom is -0.240 e. The molecule has 112 valence electrons. The van der Waals surface area contributed by atoms with E-state index in [-0.39, 0.29) is 0 Å². The van der Waals surface area contributed by atoms with Gasteiger partial charge in [0.05, 0.1) is 11.4 Å². The van der Waals surface area contributed by atoms with Crippen LogP contribution >= 0.6 is 0 Å². The van der Waals surface area contributed by atoms with Crippen LogP contribution in [0.5, 0.6) is 0 Å². The van der Waals surface area contributed by atoms with Gasteiger partial charge in [-0.1, -0.05) is 34.5 Å². The first kappa shape index (κ1) is 15.7. The third kappa shape index (κ3) is 4.15. The molecule has 0 unspecified atom stereocenters. The largest absolute Gasteiger partial charge is 0.404 e. The molecule has 2 amide bonds. The van der Waals surface area contributed by atoms with Gasteiger partial charge in [-0.15, -0.1) is 10.2 Å². The predicted octanol–water partition coefficient (Wildman–Crippen LogP) is 5.91. The first-order chi connectivity index (χ1) is 10.5. The smallest absolute Gasteiger partial charge is 0.240 e. The van der Waals surface area contributed by atoms with Crippen molar-refractivity contribution in [3.05, 3.63) is 58.7 Å². The first-order valence-electron chi connectivity index (χ1n) is 6.97. The van der Waals surface area contributed by atoms with E-state index in [1.165, 1.54) is 0 Å². The molecule has 2 rings (SSSR count). The number of hydrogen-bond acceptors (Lipinski definition) is 3. The number of azo groups is 2. The maximum Gasteiger partial charge on any atom is 0.404 e. The average Bonchev–Trinajstić information content (AvgIpc) is 2.49. The van der Waals surface area contributed by atoms with Crippen molar-refractivity contribution >= 4 is 17.4 Å². The van der Waals surface area contributed by atoms with Gasteiger partial charge in [-0.05, 0) is 62.1 Å². The molecule has 0 atom stereocenters. The molecule has 0 heterocycles. The predicted molar refractivity (Wildman–Crippen MR) is 86.3 cm³/mol. The van der Waals surface area contributed by atoms with Gasteiger partial charge < -0.3 is 0 Å². The molecule has 0 N–H and O–H groups in total. The monoisotopic (exact) mass is 294 g/mol. The zero-order valence-corrected chi connectivity index (χ0v) is 13.2. The van der Waals surface area contributed by atoms with Gasteiger partial charge in [0.25, 0.3) is 0 Å². The van der Waals surface area contributed by atoms with E-state index >= 15 is 0 Å². The van der Waals surface area contributed by atoms with E-state index in [4.69, 9.17) is 0 Å². The molecule has 0 fully saturated rings. The van der Waals surface area contributed by atoms with Crippen LogP contribution in [0.2, 0.25) is 0 Å². The average molecular weight is 294 g/mol. The van der Waals surface area contributed by atoms with E-state index < -0.39 is 6.03 Å². The molecule has 0 aliphatic heterocycles. The number of benzene rings is 2. The molecule has 22 heavy (non-hydrogen) atoms. The second-order valence-electron chi connectivity index (χ2n) is 5.26. The number of hydrogen-bond donors (Lipinski definition) is 0. The minimum atomic E-state index is -0.721. The molecular formula is C17H18N4O. The van der Waals surface area contributed by atoms with E-state index in [0.29, 0.717) is 11.4 Å². The molecule has 2 aromatic carbocycles. The van der Waals surface area contributed by atoms with Crippen molar-refractivity contribution in [1.29, 1.82) is 0 Å². The molecule has 0 aliphatic carbocycles. The van der Waals surface area contributed by atoms with Crippen LogP contribution in [0.25, 0.3) is 0 Å². The highest BCUT2D eigenvalue weighted by Crippen LogP contribution is 2.22. The summed E-state index contributed by atoms with van der Waals surface area (Å²) >= 11 is 0. The molecule has 5 heteroatoms. The normalized spacial score (nSPS) is 11.5. The highest BCUT2D eigenvalue weighted by atomic mass is 16.2.